The van der Waals surface area contributed by atoms with E-state index in [-0.39, 0.29) is 0 Å². The standard InChI is InChI=1S/C19H20N4O4S/c1-24-14-8-5-12(6-9-14)18-21-22-19(28)23(18)20-11-13-7-10-15(25-2)17(27-4)16(13)26-3/h5-11H,1-4H3,(H,22,28)/b20-11+. The number of hydrogen-bond donors (Lipinski definition) is 1. The van der Waals surface area contributed by atoms with Crippen LogP contribution in [0.25, 0.3) is 11.4 Å². The van der Waals surface area contributed by atoms with Gasteiger partial charge in [0, 0.05) is 11.1 Å². The average molecular weight is 400 g/mol. The summed E-state index contributed by atoms with van der Waals surface area (Å²) in [4.78, 5) is 0. The van der Waals surface area contributed by atoms with Crippen LogP contribution in [-0.2, 0) is 0 Å². The maximum Gasteiger partial charge on any atom is 0.216 e. The third-order valence-corrected chi connectivity index (χ3v) is 4.31. The van der Waals surface area contributed by atoms with Gasteiger partial charge in [0.1, 0.15) is 5.75 Å². The molecule has 0 fully saturated rings. The highest BCUT2D eigenvalue weighted by atomic mass is 32.1. The summed E-state index contributed by atoms with van der Waals surface area (Å²) >= 11 is 5.32. The molecule has 1 heterocycles. The van der Waals surface area contributed by atoms with Crippen molar-refractivity contribution in [1.29, 1.82) is 0 Å². The Hall–Kier alpha value is -3.33. The Morgan fingerprint density at radius 1 is 0.929 bits per heavy atom. The van der Waals surface area contributed by atoms with Crippen LogP contribution in [0.15, 0.2) is 41.5 Å². The molecule has 0 aliphatic heterocycles. The van der Waals surface area contributed by atoms with E-state index in [4.69, 9.17) is 31.2 Å². The Balaban J connectivity index is 2.02. The lowest BCUT2D eigenvalue weighted by Crippen LogP contribution is -2.00. The van der Waals surface area contributed by atoms with Crippen molar-refractivity contribution in [1.82, 2.24) is 14.9 Å². The quantitative estimate of drug-likeness (QED) is 0.483. The summed E-state index contributed by atoms with van der Waals surface area (Å²) in [5, 5.41) is 11.5. The molecular weight excluding hydrogens is 380 g/mol. The van der Waals surface area contributed by atoms with Gasteiger partial charge < -0.3 is 18.9 Å². The van der Waals surface area contributed by atoms with Crippen LogP contribution in [0.1, 0.15) is 5.56 Å². The van der Waals surface area contributed by atoms with Crippen LogP contribution < -0.4 is 18.9 Å². The van der Waals surface area contributed by atoms with Crippen LogP contribution in [0.3, 0.4) is 0 Å². The molecule has 0 radical (unpaired) electrons. The van der Waals surface area contributed by atoms with Crippen LogP contribution in [0.5, 0.6) is 23.0 Å². The second-order valence-electron chi connectivity index (χ2n) is 5.56. The summed E-state index contributed by atoms with van der Waals surface area (Å²) in [5.41, 5.74) is 1.54. The Labute approximate surface area is 167 Å². The molecule has 3 aromatic rings. The summed E-state index contributed by atoms with van der Waals surface area (Å²) < 4.78 is 23.3. The number of benzene rings is 2. The predicted molar refractivity (Wildman–Crippen MR) is 108 cm³/mol. The van der Waals surface area contributed by atoms with Crippen molar-refractivity contribution in [2.24, 2.45) is 5.10 Å². The molecule has 0 unspecified atom stereocenters. The zero-order valence-corrected chi connectivity index (χ0v) is 16.7. The second-order valence-corrected chi connectivity index (χ2v) is 5.95. The third kappa shape index (κ3) is 3.70. The summed E-state index contributed by atoms with van der Waals surface area (Å²) in [6, 6.07) is 11.1. The fourth-order valence-corrected chi connectivity index (χ4v) is 2.85. The Bertz CT molecular complexity index is 1040. The van der Waals surface area contributed by atoms with E-state index < -0.39 is 0 Å². The molecule has 8 nitrogen and oxygen atoms in total. The first-order chi connectivity index (χ1) is 13.6. The predicted octanol–water partition coefficient (Wildman–Crippen LogP) is 3.52. The number of nitrogens with zero attached hydrogens (tertiary/aromatic N) is 3. The van der Waals surface area contributed by atoms with Crippen LogP contribution in [0.4, 0.5) is 0 Å². The lowest BCUT2D eigenvalue weighted by atomic mass is 10.2. The van der Waals surface area contributed by atoms with Gasteiger partial charge in [-0.2, -0.15) is 14.9 Å². The zero-order chi connectivity index (χ0) is 20.1. The van der Waals surface area contributed by atoms with E-state index in [1.54, 1.807) is 40.7 Å². The van der Waals surface area contributed by atoms with Gasteiger partial charge in [-0.3, -0.25) is 0 Å². The van der Waals surface area contributed by atoms with Crippen LogP contribution in [0.2, 0.25) is 0 Å². The highest BCUT2D eigenvalue weighted by molar-refractivity contribution is 7.71. The molecule has 3 rings (SSSR count). The van der Waals surface area contributed by atoms with Crippen LogP contribution >= 0.6 is 12.2 Å². The van der Waals surface area contributed by atoms with E-state index in [2.05, 4.69) is 15.3 Å². The van der Waals surface area contributed by atoms with Gasteiger partial charge in [-0.15, -0.1) is 0 Å². The van der Waals surface area contributed by atoms with Crippen molar-refractivity contribution >= 4 is 18.4 Å². The minimum atomic E-state index is 0.363. The van der Waals surface area contributed by atoms with E-state index in [1.165, 1.54) is 4.68 Å². The van der Waals surface area contributed by atoms with Gasteiger partial charge in [0.2, 0.25) is 10.5 Å². The molecule has 0 spiro atoms. The number of ether oxygens (including phenoxy) is 4. The highest BCUT2D eigenvalue weighted by Crippen LogP contribution is 2.39. The molecule has 0 bridgehead atoms. The van der Waals surface area contributed by atoms with Gasteiger partial charge in [-0.25, -0.2) is 5.10 Å². The fourth-order valence-electron chi connectivity index (χ4n) is 2.67. The maximum atomic E-state index is 5.48. The maximum absolute atomic E-state index is 5.48. The minimum absolute atomic E-state index is 0.363. The van der Waals surface area contributed by atoms with Gasteiger partial charge in [-0.05, 0) is 48.6 Å². The normalized spacial score (nSPS) is 10.9. The minimum Gasteiger partial charge on any atom is -0.497 e. The third-order valence-electron chi connectivity index (χ3n) is 4.05. The Morgan fingerprint density at radius 2 is 1.64 bits per heavy atom. The Kier molecular flexibility index (Phi) is 5.95. The number of aromatic amines is 1. The highest BCUT2D eigenvalue weighted by Gasteiger charge is 2.15. The number of hydrogen-bond acceptors (Lipinski definition) is 7. The first-order valence-corrected chi connectivity index (χ1v) is 8.69. The van der Waals surface area contributed by atoms with Gasteiger partial charge >= 0.3 is 0 Å². The van der Waals surface area contributed by atoms with E-state index in [0.29, 0.717) is 33.4 Å². The molecule has 0 amide bonds. The zero-order valence-electron chi connectivity index (χ0n) is 15.9. The second kappa shape index (κ2) is 8.57. The van der Waals surface area contributed by atoms with Crippen molar-refractivity contribution in [3.63, 3.8) is 0 Å². The summed E-state index contributed by atoms with van der Waals surface area (Å²) in [6.45, 7) is 0. The van der Waals surface area contributed by atoms with Crippen LogP contribution in [-0.4, -0.2) is 49.5 Å². The van der Waals surface area contributed by atoms with E-state index in [0.717, 1.165) is 11.3 Å². The summed E-state index contributed by atoms with van der Waals surface area (Å²) in [7, 11) is 6.29. The van der Waals surface area contributed by atoms with Gasteiger partial charge in [-0.1, -0.05) is 0 Å². The molecule has 0 atom stereocenters. The lowest BCUT2D eigenvalue weighted by Gasteiger charge is -2.13. The van der Waals surface area contributed by atoms with Crippen LogP contribution in [0, 0.1) is 4.77 Å². The molecule has 28 heavy (non-hydrogen) atoms. The van der Waals surface area contributed by atoms with Gasteiger partial charge in [0.25, 0.3) is 0 Å². The van der Waals surface area contributed by atoms with Crippen molar-refractivity contribution in [2.75, 3.05) is 28.4 Å². The number of nitrogens with one attached hydrogen (secondary N) is 1. The SMILES string of the molecule is COc1ccc(-c2n[nH]c(=S)n2/N=C/c2ccc(OC)c(OC)c2OC)cc1. The topological polar surface area (TPSA) is 82.9 Å². The Morgan fingerprint density at radius 3 is 2.25 bits per heavy atom. The molecular formula is C19H20N4O4S. The molecule has 1 N–H and O–H groups in total. The fraction of sp³-hybridized carbons (Fsp3) is 0.211. The molecule has 1 aromatic heterocycles. The molecule has 2 aromatic carbocycles. The van der Waals surface area contributed by atoms with Gasteiger partial charge in [0.15, 0.2) is 17.3 Å². The molecule has 9 heteroatoms. The van der Waals surface area contributed by atoms with Crippen molar-refractivity contribution in [2.45, 2.75) is 0 Å². The first-order valence-electron chi connectivity index (χ1n) is 8.28. The van der Waals surface area contributed by atoms with E-state index in [1.807, 2.05) is 30.3 Å². The largest absolute Gasteiger partial charge is 0.497 e. The summed E-state index contributed by atoms with van der Waals surface area (Å²) in [5.74, 6) is 2.88. The molecule has 0 saturated heterocycles. The number of methoxy groups -OCH3 is 4. The van der Waals surface area contributed by atoms with Crippen molar-refractivity contribution in [3.8, 4) is 34.4 Å². The average Bonchev–Trinajstić information content (AvgIpc) is 3.11. The molecule has 0 aliphatic carbocycles. The lowest BCUT2D eigenvalue weighted by molar-refractivity contribution is 0.324. The van der Waals surface area contributed by atoms with E-state index in [9.17, 15) is 0 Å². The number of aromatic nitrogens is 3. The van der Waals surface area contributed by atoms with Crippen molar-refractivity contribution < 1.29 is 18.9 Å². The van der Waals surface area contributed by atoms with E-state index >= 15 is 0 Å². The number of H-pyrrole nitrogens is 1. The first kappa shape index (κ1) is 19.4. The van der Waals surface area contributed by atoms with Crippen molar-refractivity contribution in [3.05, 3.63) is 46.7 Å². The molecule has 0 aliphatic rings. The number of rotatable bonds is 7. The molecule has 0 saturated carbocycles. The smallest absolute Gasteiger partial charge is 0.216 e. The molecule has 146 valence electrons. The summed E-state index contributed by atoms with van der Waals surface area (Å²) in [6.07, 6.45) is 1.62. The monoisotopic (exact) mass is 400 g/mol. The van der Waals surface area contributed by atoms with Gasteiger partial charge in [0.05, 0.1) is 34.7 Å².